The summed E-state index contributed by atoms with van der Waals surface area (Å²) in [7, 11) is 0. The third-order valence-corrected chi connectivity index (χ3v) is 14.5. The van der Waals surface area contributed by atoms with Crippen LogP contribution in [0.5, 0.6) is 0 Å². The number of rotatable bonds is 6. The van der Waals surface area contributed by atoms with Crippen LogP contribution in [0.4, 0.5) is 0 Å². The minimum atomic E-state index is 0.262. The predicted octanol–water partition coefficient (Wildman–Crippen LogP) is 13.5. The molecule has 0 aliphatic heterocycles. The third-order valence-electron chi connectivity index (χ3n) is 12.2. The van der Waals surface area contributed by atoms with Crippen molar-refractivity contribution in [2.45, 2.75) is 0 Å². The van der Waals surface area contributed by atoms with Crippen molar-refractivity contribution < 1.29 is 0 Å². The van der Waals surface area contributed by atoms with Crippen molar-refractivity contribution in [3.8, 4) is 56.9 Å². The Hall–Kier alpha value is -7.96. The number of pyridine rings is 2. The zero-order chi connectivity index (χ0) is 41.4. The van der Waals surface area contributed by atoms with Crippen LogP contribution in [0.25, 0.3) is 120 Å². The van der Waals surface area contributed by atoms with Gasteiger partial charge in [0, 0.05) is 11.1 Å². The molecular weight excluding hydrogens is 836 g/mol. The van der Waals surface area contributed by atoms with Gasteiger partial charge < -0.3 is 0 Å². The molecule has 6 nitrogen and oxygen atoms in total. The molecule has 0 unspecified atom stereocenters. The van der Waals surface area contributed by atoms with E-state index < -0.39 is 0 Å². The summed E-state index contributed by atoms with van der Waals surface area (Å²) in [5, 5.41) is 7.30. The summed E-state index contributed by atoms with van der Waals surface area (Å²) in [6.07, 6.45) is 0. The Labute approximate surface area is 367 Å². The third kappa shape index (κ3) is 5.79. The first-order valence-corrected chi connectivity index (χ1v) is 22.8. The van der Waals surface area contributed by atoms with Crippen LogP contribution < -0.4 is 0 Å². The molecule has 63 heavy (non-hydrogen) atoms. The van der Waals surface area contributed by atoms with E-state index in [-0.39, 0.29) is 14.5 Å². The van der Waals surface area contributed by atoms with Crippen LogP contribution in [0.3, 0.4) is 0 Å². The molecule has 7 aromatic carbocycles. The average Bonchev–Trinajstić information content (AvgIpc) is 4.02. The van der Waals surface area contributed by atoms with Gasteiger partial charge in [-0.05, 0) is 12.1 Å². The molecule has 13 rings (SSSR count). The number of hydrogen-bond donors (Lipinski definition) is 0. The molecule has 0 aliphatic rings. The molecule has 294 valence electrons. The van der Waals surface area contributed by atoms with Crippen molar-refractivity contribution in [3.05, 3.63) is 206 Å². The Balaban J connectivity index is 1.04. The van der Waals surface area contributed by atoms with E-state index in [1.807, 2.05) is 42.5 Å². The zero-order valence-corrected chi connectivity index (χ0v) is 35.4. The Bertz CT molecular complexity index is 3860. The van der Waals surface area contributed by atoms with E-state index in [1.54, 1.807) is 0 Å². The van der Waals surface area contributed by atoms with Crippen molar-refractivity contribution in [2.24, 2.45) is 0 Å². The fraction of sp³-hybridized carbons (Fsp3) is 0. The van der Waals surface area contributed by atoms with Crippen molar-refractivity contribution >= 4 is 77.4 Å². The van der Waals surface area contributed by atoms with Gasteiger partial charge in [0.1, 0.15) is 5.69 Å². The quantitative estimate of drug-likeness (QED) is 0.156. The molecule has 0 saturated carbocycles. The molecule has 0 saturated heterocycles. The minimum absolute atomic E-state index is 0.262. The summed E-state index contributed by atoms with van der Waals surface area (Å²) >= 11 is 0.262. The van der Waals surface area contributed by atoms with Gasteiger partial charge >= 0.3 is 235 Å². The summed E-state index contributed by atoms with van der Waals surface area (Å²) in [5.74, 6) is 2.20. The molecule has 0 amide bonds. The summed E-state index contributed by atoms with van der Waals surface area (Å²) in [4.78, 5) is 21.2. The van der Waals surface area contributed by atoms with E-state index in [0.717, 1.165) is 89.0 Å². The van der Waals surface area contributed by atoms with Crippen LogP contribution in [0.1, 0.15) is 0 Å². The molecule has 0 fully saturated rings. The second kappa shape index (κ2) is 14.3. The van der Waals surface area contributed by atoms with E-state index in [1.165, 1.54) is 19.3 Å². The van der Waals surface area contributed by atoms with Crippen molar-refractivity contribution in [3.63, 3.8) is 0 Å². The number of nitrogens with zero attached hydrogens (tertiary/aromatic N) is 6. The van der Waals surface area contributed by atoms with E-state index >= 15 is 0 Å². The van der Waals surface area contributed by atoms with Gasteiger partial charge in [-0.3, -0.25) is 0 Å². The van der Waals surface area contributed by atoms with E-state index in [2.05, 4.69) is 173 Å². The van der Waals surface area contributed by atoms with Crippen molar-refractivity contribution in [1.82, 2.24) is 29.1 Å². The Morgan fingerprint density at radius 1 is 0.302 bits per heavy atom. The number of para-hydroxylation sites is 2. The molecule has 0 radical (unpaired) electrons. The summed E-state index contributed by atoms with van der Waals surface area (Å²) in [5.41, 5.74) is 10.8. The molecular formula is C56H34N6Se. The van der Waals surface area contributed by atoms with Crippen LogP contribution in [0, 0.1) is 0 Å². The Morgan fingerprint density at radius 2 is 0.794 bits per heavy atom. The van der Waals surface area contributed by atoms with E-state index in [9.17, 15) is 0 Å². The Kier molecular flexibility index (Phi) is 8.13. The number of fused-ring (bicyclic) bond motifs is 10. The molecule has 7 heteroatoms. The predicted molar refractivity (Wildman–Crippen MR) is 260 cm³/mol. The van der Waals surface area contributed by atoms with Gasteiger partial charge in [0.15, 0.2) is 5.82 Å². The smallest absolute Gasteiger partial charge is 0.227 e. The number of hydrogen-bond acceptors (Lipinski definition) is 4. The van der Waals surface area contributed by atoms with Crippen LogP contribution in [0.15, 0.2) is 206 Å². The minimum Gasteiger partial charge on any atom is -0.227 e. The fourth-order valence-electron chi connectivity index (χ4n) is 9.32. The summed E-state index contributed by atoms with van der Waals surface area (Å²) in [6.45, 7) is 0. The molecule has 13 aromatic rings. The fourth-order valence-corrected chi connectivity index (χ4v) is 11.7. The topological polar surface area (TPSA) is 61.4 Å². The molecule has 6 aromatic heterocycles. The zero-order valence-electron chi connectivity index (χ0n) is 33.7. The van der Waals surface area contributed by atoms with Crippen LogP contribution >= 0.6 is 0 Å². The van der Waals surface area contributed by atoms with Gasteiger partial charge in [0.05, 0.1) is 11.4 Å². The normalized spacial score (nSPS) is 11.8. The van der Waals surface area contributed by atoms with Gasteiger partial charge in [-0.2, -0.15) is 0 Å². The second-order valence-electron chi connectivity index (χ2n) is 15.8. The maximum absolute atomic E-state index is 5.47. The molecule has 0 bridgehead atoms. The first kappa shape index (κ1) is 35.8. The molecule has 0 aliphatic carbocycles. The number of aromatic nitrogens is 6. The Morgan fingerprint density at radius 3 is 1.41 bits per heavy atom. The van der Waals surface area contributed by atoms with Gasteiger partial charge in [0.2, 0.25) is 0 Å². The molecule has 0 N–H and O–H groups in total. The monoisotopic (exact) mass is 870 g/mol. The molecule has 0 spiro atoms. The van der Waals surface area contributed by atoms with Gasteiger partial charge in [-0.1, -0.05) is 78.9 Å². The SMILES string of the molecule is c1ccc(-c2cc(-c3ccccc3)nc(-c3cccc(-n4c5ccccc5c5ccc6c7ccccc7n(-c7cccc(-c8ccc9c(c8)[se]c8ccccc89)n7)c6c54)n3)n2)cc1. The van der Waals surface area contributed by atoms with Gasteiger partial charge in [-0.15, -0.1) is 0 Å². The van der Waals surface area contributed by atoms with E-state index in [0.29, 0.717) is 11.5 Å². The van der Waals surface area contributed by atoms with Crippen LogP contribution in [-0.4, -0.2) is 43.6 Å². The van der Waals surface area contributed by atoms with Crippen molar-refractivity contribution in [2.75, 3.05) is 0 Å². The van der Waals surface area contributed by atoms with Crippen LogP contribution in [-0.2, 0) is 0 Å². The van der Waals surface area contributed by atoms with Gasteiger partial charge in [0.25, 0.3) is 0 Å². The van der Waals surface area contributed by atoms with Crippen LogP contribution in [0.2, 0.25) is 0 Å². The summed E-state index contributed by atoms with van der Waals surface area (Å²) in [6, 6.07) is 72.7. The number of benzene rings is 7. The average molecular weight is 870 g/mol. The first-order chi connectivity index (χ1) is 31.2. The molecule has 0 atom stereocenters. The standard InChI is InChI=1S/C56H34N6Se/c1-3-15-35(16-4-1)46-34-47(36-17-5-2-6-18-36)60-56(59-46)45-23-14-28-53(58-45)62-49-25-11-8-20-39(49)43-32-31-42-38-19-7-10-24-48(38)61(54(42)55(43)62)52-27-13-22-44(57-52)37-29-30-41-40-21-9-12-26-50(40)63-51(41)33-37/h1-34H. The molecule has 6 heterocycles. The first-order valence-electron chi connectivity index (χ1n) is 21.1. The van der Waals surface area contributed by atoms with E-state index in [4.69, 9.17) is 19.9 Å². The van der Waals surface area contributed by atoms with Gasteiger partial charge in [-0.25, -0.2) is 9.97 Å². The van der Waals surface area contributed by atoms with Crippen molar-refractivity contribution in [1.29, 1.82) is 0 Å². The summed E-state index contributed by atoms with van der Waals surface area (Å²) < 4.78 is 7.50. The maximum atomic E-state index is 5.47. The second-order valence-corrected chi connectivity index (χ2v) is 18.1.